The molecule has 0 radical (unpaired) electrons. The summed E-state index contributed by atoms with van der Waals surface area (Å²) in [5, 5.41) is 0. The minimum Gasteiger partial charge on any atom is -0.375 e. The van der Waals surface area contributed by atoms with Crippen LogP contribution in [0.15, 0.2) is 12.1 Å². The molecular formula is C20H32N2O2. The normalized spacial score (nSPS) is 16.5. The maximum Gasteiger partial charge on any atom is 0.248 e. The van der Waals surface area contributed by atoms with E-state index in [-0.39, 0.29) is 17.9 Å². The van der Waals surface area contributed by atoms with Crippen LogP contribution in [-0.4, -0.2) is 55.6 Å². The van der Waals surface area contributed by atoms with Crippen molar-refractivity contribution in [2.24, 2.45) is 0 Å². The quantitative estimate of drug-likeness (QED) is 0.850. The van der Waals surface area contributed by atoms with Crippen LogP contribution in [0.4, 0.5) is 0 Å². The Morgan fingerprint density at radius 3 is 2.08 bits per heavy atom. The zero-order valence-corrected chi connectivity index (χ0v) is 16.1. The molecule has 1 aliphatic heterocycles. The van der Waals surface area contributed by atoms with E-state index in [1.165, 1.54) is 22.3 Å². The highest BCUT2D eigenvalue weighted by Gasteiger charge is 2.22. The van der Waals surface area contributed by atoms with Crippen LogP contribution in [0.5, 0.6) is 0 Å². The van der Waals surface area contributed by atoms with E-state index in [9.17, 15) is 4.79 Å². The van der Waals surface area contributed by atoms with Gasteiger partial charge in [0.25, 0.3) is 0 Å². The predicted octanol–water partition coefficient (Wildman–Crippen LogP) is 2.89. The number of ether oxygens (including phenoxy) is 1. The summed E-state index contributed by atoms with van der Waals surface area (Å²) in [5.74, 6) is 0.0963. The number of piperazine rings is 1. The number of nitrogens with zero attached hydrogens (tertiary/aromatic N) is 2. The Hall–Kier alpha value is -1.39. The fourth-order valence-electron chi connectivity index (χ4n) is 3.27. The Labute approximate surface area is 146 Å². The maximum atomic E-state index is 11.9. The molecule has 24 heavy (non-hydrogen) atoms. The van der Waals surface area contributed by atoms with Gasteiger partial charge in [-0.05, 0) is 41.5 Å². The predicted molar refractivity (Wildman–Crippen MR) is 98.3 cm³/mol. The van der Waals surface area contributed by atoms with Gasteiger partial charge in [0.1, 0.15) is 6.61 Å². The maximum absolute atomic E-state index is 11.9. The first-order chi connectivity index (χ1) is 11.2. The van der Waals surface area contributed by atoms with E-state index in [0.29, 0.717) is 0 Å². The molecule has 1 saturated heterocycles. The molecule has 0 aromatic heterocycles. The van der Waals surface area contributed by atoms with Crippen LogP contribution >= 0.6 is 0 Å². The molecule has 0 spiro atoms. The van der Waals surface area contributed by atoms with Crippen LogP contribution in [-0.2, 0) is 21.5 Å². The van der Waals surface area contributed by atoms with Crippen LogP contribution in [0.25, 0.3) is 0 Å². The van der Waals surface area contributed by atoms with Gasteiger partial charge >= 0.3 is 0 Å². The summed E-state index contributed by atoms with van der Waals surface area (Å²) >= 11 is 0. The molecule has 1 aromatic rings. The summed E-state index contributed by atoms with van der Waals surface area (Å²) in [6.07, 6.45) is 0. The van der Waals surface area contributed by atoms with Crippen LogP contribution < -0.4 is 0 Å². The lowest BCUT2D eigenvalue weighted by atomic mass is 9.83. The average Bonchev–Trinajstić information content (AvgIpc) is 2.50. The molecule has 1 heterocycles. The second-order valence-corrected chi connectivity index (χ2v) is 7.93. The Morgan fingerprint density at radius 2 is 1.62 bits per heavy atom. The number of benzene rings is 1. The number of carbonyl (C=O) groups is 1. The standard InChI is InChI=1S/C20H32N2O2/c1-15-11-17(20(3,4)5)12-16(2)18(15)13-21-7-9-22(10-8-21)19(23)14-24-6/h11-12H,7-10,13-14H2,1-6H3. The highest BCUT2D eigenvalue weighted by molar-refractivity contribution is 5.77. The number of hydrogen-bond donors (Lipinski definition) is 0. The lowest BCUT2D eigenvalue weighted by molar-refractivity contribution is -0.136. The minimum absolute atomic E-state index is 0.0963. The van der Waals surface area contributed by atoms with E-state index in [4.69, 9.17) is 4.74 Å². The highest BCUT2D eigenvalue weighted by atomic mass is 16.5. The summed E-state index contributed by atoms with van der Waals surface area (Å²) in [5.41, 5.74) is 5.76. The van der Waals surface area contributed by atoms with E-state index < -0.39 is 0 Å². The third-order valence-electron chi connectivity index (χ3n) is 4.94. The van der Waals surface area contributed by atoms with Crippen molar-refractivity contribution >= 4 is 5.91 Å². The van der Waals surface area contributed by atoms with Gasteiger partial charge in [-0.25, -0.2) is 0 Å². The van der Waals surface area contributed by atoms with Crippen molar-refractivity contribution in [1.29, 1.82) is 0 Å². The summed E-state index contributed by atoms with van der Waals surface area (Å²) in [6.45, 7) is 15.8. The molecule has 0 aliphatic carbocycles. The monoisotopic (exact) mass is 332 g/mol. The van der Waals surface area contributed by atoms with Gasteiger partial charge in [0.15, 0.2) is 0 Å². The first-order valence-corrected chi connectivity index (χ1v) is 8.82. The molecule has 0 N–H and O–H groups in total. The third kappa shape index (κ3) is 4.58. The molecule has 1 fully saturated rings. The molecular weight excluding hydrogens is 300 g/mol. The van der Waals surface area contributed by atoms with Crippen LogP contribution in [0.1, 0.15) is 43.0 Å². The SMILES string of the molecule is COCC(=O)N1CCN(Cc2c(C)cc(C(C)(C)C)cc2C)CC1. The fraction of sp³-hybridized carbons (Fsp3) is 0.650. The second-order valence-electron chi connectivity index (χ2n) is 7.93. The number of methoxy groups -OCH3 is 1. The molecule has 1 amide bonds. The first-order valence-electron chi connectivity index (χ1n) is 8.82. The lowest BCUT2D eigenvalue weighted by Gasteiger charge is -2.35. The third-order valence-corrected chi connectivity index (χ3v) is 4.94. The van der Waals surface area contributed by atoms with Gasteiger partial charge in [-0.2, -0.15) is 0 Å². The number of amides is 1. The van der Waals surface area contributed by atoms with Gasteiger partial charge in [-0.15, -0.1) is 0 Å². The fourth-order valence-corrected chi connectivity index (χ4v) is 3.27. The summed E-state index contributed by atoms with van der Waals surface area (Å²) in [6, 6.07) is 4.67. The molecule has 1 aromatic carbocycles. The topological polar surface area (TPSA) is 32.8 Å². The van der Waals surface area contributed by atoms with Gasteiger partial charge in [-0.3, -0.25) is 9.69 Å². The van der Waals surface area contributed by atoms with E-state index >= 15 is 0 Å². The smallest absolute Gasteiger partial charge is 0.248 e. The second kappa shape index (κ2) is 7.66. The lowest BCUT2D eigenvalue weighted by Crippen LogP contribution is -2.49. The number of aryl methyl sites for hydroxylation is 2. The van der Waals surface area contributed by atoms with Crippen molar-refractivity contribution in [1.82, 2.24) is 9.80 Å². The first kappa shape index (κ1) is 18.9. The van der Waals surface area contributed by atoms with Crippen LogP contribution in [0, 0.1) is 13.8 Å². The molecule has 4 heteroatoms. The molecule has 134 valence electrons. The summed E-state index contributed by atoms with van der Waals surface area (Å²) in [7, 11) is 1.57. The van der Waals surface area contributed by atoms with Gasteiger partial charge in [-0.1, -0.05) is 32.9 Å². The summed E-state index contributed by atoms with van der Waals surface area (Å²) < 4.78 is 4.94. The largest absolute Gasteiger partial charge is 0.375 e. The molecule has 4 nitrogen and oxygen atoms in total. The van der Waals surface area contributed by atoms with Gasteiger partial charge in [0, 0.05) is 39.8 Å². The molecule has 2 rings (SSSR count). The van der Waals surface area contributed by atoms with Crippen molar-refractivity contribution in [3.05, 3.63) is 34.4 Å². The van der Waals surface area contributed by atoms with E-state index in [0.717, 1.165) is 32.7 Å². The molecule has 0 bridgehead atoms. The van der Waals surface area contributed by atoms with Crippen LogP contribution in [0.3, 0.4) is 0 Å². The van der Waals surface area contributed by atoms with Crippen molar-refractivity contribution in [3.8, 4) is 0 Å². The van der Waals surface area contributed by atoms with Crippen molar-refractivity contribution in [3.63, 3.8) is 0 Å². The Kier molecular flexibility index (Phi) is 6.05. The van der Waals surface area contributed by atoms with Crippen molar-refractivity contribution in [2.45, 2.75) is 46.6 Å². The molecule has 0 unspecified atom stereocenters. The number of rotatable bonds is 4. The van der Waals surface area contributed by atoms with Crippen LogP contribution in [0.2, 0.25) is 0 Å². The zero-order chi connectivity index (χ0) is 17.9. The highest BCUT2D eigenvalue weighted by Crippen LogP contribution is 2.27. The van der Waals surface area contributed by atoms with E-state index in [1.54, 1.807) is 7.11 Å². The van der Waals surface area contributed by atoms with Gasteiger partial charge in [0.05, 0.1) is 0 Å². The Balaban J connectivity index is 2.02. The average molecular weight is 332 g/mol. The zero-order valence-electron chi connectivity index (χ0n) is 16.1. The number of carbonyl (C=O) groups excluding carboxylic acids is 1. The van der Waals surface area contributed by atoms with Crippen molar-refractivity contribution in [2.75, 3.05) is 39.9 Å². The molecule has 0 atom stereocenters. The Morgan fingerprint density at radius 1 is 1.08 bits per heavy atom. The minimum atomic E-state index is 0.0963. The van der Waals surface area contributed by atoms with Gasteiger partial charge in [0.2, 0.25) is 5.91 Å². The van der Waals surface area contributed by atoms with Gasteiger partial charge < -0.3 is 9.64 Å². The van der Waals surface area contributed by atoms with Crippen molar-refractivity contribution < 1.29 is 9.53 Å². The molecule has 0 saturated carbocycles. The summed E-state index contributed by atoms with van der Waals surface area (Å²) in [4.78, 5) is 16.2. The van der Waals surface area contributed by atoms with E-state index in [2.05, 4.69) is 51.7 Å². The Bertz CT molecular complexity index is 559. The molecule has 1 aliphatic rings. The van der Waals surface area contributed by atoms with E-state index in [1.807, 2.05) is 4.90 Å². The number of hydrogen-bond acceptors (Lipinski definition) is 3.